The van der Waals surface area contributed by atoms with Gasteiger partial charge in [0.2, 0.25) is 0 Å². The van der Waals surface area contributed by atoms with Crippen molar-refractivity contribution < 1.29 is 18.0 Å². The van der Waals surface area contributed by atoms with Gasteiger partial charge in [-0.05, 0) is 56.0 Å². The number of rotatable bonds is 6. The summed E-state index contributed by atoms with van der Waals surface area (Å²) in [6.07, 6.45) is 4.34. The molecule has 9 nitrogen and oxygen atoms in total. The lowest BCUT2D eigenvalue weighted by molar-refractivity contribution is 0.0915. The minimum absolute atomic E-state index is 0.0576. The van der Waals surface area contributed by atoms with Crippen LogP contribution in [-0.4, -0.2) is 46.6 Å². The molecule has 2 atom stereocenters. The van der Waals surface area contributed by atoms with Gasteiger partial charge in [-0.1, -0.05) is 12.1 Å². The van der Waals surface area contributed by atoms with Gasteiger partial charge >= 0.3 is 0 Å². The second kappa shape index (κ2) is 10.3. The van der Waals surface area contributed by atoms with Crippen molar-refractivity contribution in [3.63, 3.8) is 0 Å². The molecule has 1 aliphatic rings. The molecule has 5 aromatic rings. The Kier molecular flexibility index (Phi) is 6.51. The van der Waals surface area contributed by atoms with Crippen molar-refractivity contribution in [2.45, 2.75) is 44.2 Å². The maximum Gasteiger partial charge on any atom is 0.270 e. The van der Waals surface area contributed by atoms with Crippen LogP contribution in [0.15, 0.2) is 61.2 Å². The number of amides is 1. The van der Waals surface area contributed by atoms with Crippen molar-refractivity contribution in [3.05, 3.63) is 78.3 Å². The molecule has 1 amide bonds. The van der Waals surface area contributed by atoms with Gasteiger partial charge in [0.25, 0.3) is 12.3 Å². The molecule has 198 valence electrons. The topological polar surface area (TPSA) is 114 Å². The van der Waals surface area contributed by atoms with Crippen molar-refractivity contribution in [1.29, 1.82) is 0 Å². The lowest BCUT2D eigenvalue weighted by Gasteiger charge is -2.32. The number of halogens is 3. The largest absolute Gasteiger partial charge is 0.348 e. The van der Waals surface area contributed by atoms with E-state index in [-0.39, 0.29) is 23.3 Å². The number of nitrogens with zero attached hydrogens (tertiary/aromatic N) is 6. The second-order valence-electron chi connectivity index (χ2n) is 9.44. The fraction of sp³-hybridized carbons (Fsp3) is 0.259. The molecule has 1 aliphatic carbocycles. The maximum absolute atomic E-state index is 15.0. The van der Waals surface area contributed by atoms with Crippen LogP contribution in [0.1, 0.15) is 54.2 Å². The number of imidazole rings is 1. The first-order chi connectivity index (χ1) is 19.0. The fourth-order valence-electron chi connectivity index (χ4n) is 5.15. The van der Waals surface area contributed by atoms with Gasteiger partial charge in [-0.2, -0.15) is 5.10 Å². The zero-order chi connectivity index (χ0) is 26.9. The summed E-state index contributed by atoms with van der Waals surface area (Å²) in [5.74, 6) is 0.0418. The number of aromatic amines is 1. The number of fused-ring (bicyclic) bond motifs is 1. The van der Waals surface area contributed by atoms with Crippen molar-refractivity contribution in [1.82, 2.24) is 40.0 Å². The predicted molar refractivity (Wildman–Crippen MR) is 136 cm³/mol. The van der Waals surface area contributed by atoms with Gasteiger partial charge in [0.1, 0.15) is 34.9 Å². The number of hydrogen-bond acceptors (Lipinski definition) is 6. The number of H-pyrrole nitrogens is 1. The zero-order valence-electron chi connectivity index (χ0n) is 20.6. The van der Waals surface area contributed by atoms with Crippen molar-refractivity contribution in [3.8, 4) is 22.9 Å². The number of carbonyl (C=O) groups excluding carboxylic acids is 1. The third-order valence-electron chi connectivity index (χ3n) is 6.96. The Labute approximate surface area is 220 Å². The highest BCUT2D eigenvalue weighted by Crippen LogP contribution is 2.37. The number of pyridine rings is 2. The average molecular weight is 533 g/mol. The third kappa shape index (κ3) is 4.85. The summed E-state index contributed by atoms with van der Waals surface area (Å²) in [7, 11) is 0. The molecule has 0 bridgehead atoms. The minimum atomic E-state index is -2.69. The van der Waals surface area contributed by atoms with E-state index >= 15 is 0 Å². The highest BCUT2D eigenvalue weighted by molar-refractivity contribution is 5.92. The second-order valence-corrected chi connectivity index (χ2v) is 9.44. The summed E-state index contributed by atoms with van der Waals surface area (Å²) < 4.78 is 43.2. The Morgan fingerprint density at radius 3 is 2.77 bits per heavy atom. The number of aromatic nitrogens is 7. The van der Waals surface area contributed by atoms with Gasteiger partial charge in [0, 0.05) is 23.8 Å². The molecule has 1 fully saturated rings. The van der Waals surface area contributed by atoms with Gasteiger partial charge in [0.15, 0.2) is 5.82 Å². The third-order valence-corrected chi connectivity index (χ3v) is 6.96. The lowest BCUT2D eigenvalue weighted by Crippen LogP contribution is -2.39. The van der Waals surface area contributed by atoms with Gasteiger partial charge in [-0.25, -0.2) is 23.1 Å². The van der Waals surface area contributed by atoms with E-state index in [0.29, 0.717) is 41.3 Å². The molecule has 0 spiro atoms. The van der Waals surface area contributed by atoms with Crippen LogP contribution in [0, 0.1) is 5.82 Å². The smallest absolute Gasteiger partial charge is 0.270 e. The Balaban J connectivity index is 1.36. The number of hydrogen-bond donors (Lipinski definition) is 2. The van der Waals surface area contributed by atoms with E-state index < -0.39 is 18.1 Å². The summed E-state index contributed by atoms with van der Waals surface area (Å²) in [5, 5.41) is 9.66. The maximum atomic E-state index is 15.0. The monoisotopic (exact) mass is 532 g/mol. The highest BCUT2D eigenvalue weighted by Gasteiger charge is 2.29. The quantitative estimate of drug-likeness (QED) is 0.308. The van der Waals surface area contributed by atoms with E-state index in [0.717, 1.165) is 24.4 Å². The highest BCUT2D eigenvalue weighted by atomic mass is 19.3. The molecular weight excluding hydrogens is 509 g/mol. The molecule has 4 aromatic heterocycles. The van der Waals surface area contributed by atoms with E-state index in [1.807, 2.05) is 10.6 Å². The molecule has 1 saturated carbocycles. The molecular formula is C27H23F3N8O. The van der Waals surface area contributed by atoms with Crippen LogP contribution in [-0.2, 0) is 0 Å². The Morgan fingerprint density at radius 1 is 1.10 bits per heavy atom. The van der Waals surface area contributed by atoms with Crippen LogP contribution in [0.5, 0.6) is 0 Å². The Morgan fingerprint density at radius 2 is 1.97 bits per heavy atom. The number of alkyl halides is 2. The minimum Gasteiger partial charge on any atom is -0.348 e. The van der Waals surface area contributed by atoms with E-state index in [2.05, 4.69) is 30.5 Å². The van der Waals surface area contributed by atoms with Gasteiger partial charge < -0.3 is 9.88 Å². The average Bonchev–Trinajstić information content (AvgIpc) is 3.62. The summed E-state index contributed by atoms with van der Waals surface area (Å²) in [6, 6.07) is 10.2. The van der Waals surface area contributed by atoms with Gasteiger partial charge in [-0.15, -0.1) is 0 Å². The van der Waals surface area contributed by atoms with Crippen LogP contribution in [0.4, 0.5) is 13.2 Å². The first-order valence-corrected chi connectivity index (χ1v) is 12.5. The van der Waals surface area contributed by atoms with Crippen LogP contribution < -0.4 is 5.32 Å². The first kappa shape index (κ1) is 24.7. The van der Waals surface area contributed by atoms with E-state index in [4.69, 9.17) is 4.98 Å². The molecule has 0 unspecified atom stereocenters. The van der Waals surface area contributed by atoms with E-state index in [9.17, 15) is 18.0 Å². The van der Waals surface area contributed by atoms with Crippen LogP contribution >= 0.6 is 0 Å². The summed E-state index contributed by atoms with van der Waals surface area (Å²) >= 11 is 0. The lowest BCUT2D eigenvalue weighted by atomic mass is 9.90. The summed E-state index contributed by atoms with van der Waals surface area (Å²) in [4.78, 5) is 30.2. The molecule has 4 heterocycles. The molecule has 39 heavy (non-hydrogen) atoms. The zero-order valence-corrected chi connectivity index (χ0v) is 20.6. The van der Waals surface area contributed by atoms with Crippen molar-refractivity contribution >= 4 is 16.9 Å². The molecule has 0 radical (unpaired) electrons. The molecule has 1 aromatic carbocycles. The van der Waals surface area contributed by atoms with Crippen LogP contribution in [0.25, 0.3) is 33.9 Å². The first-order valence-electron chi connectivity index (χ1n) is 12.5. The van der Waals surface area contributed by atoms with Crippen molar-refractivity contribution in [2.75, 3.05) is 0 Å². The molecule has 6 rings (SSSR count). The van der Waals surface area contributed by atoms with Gasteiger partial charge in [0.05, 0.1) is 17.3 Å². The summed E-state index contributed by atoms with van der Waals surface area (Å²) in [5.41, 5.74) is 1.94. The number of nitrogens with one attached hydrogen (secondary N) is 2. The number of benzene rings is 1. The van der Waals surface area contributed by atoms with E-state index in [1.165, 1.54) is 24.7 Å². The van der Waals surface area contributed by atoms with Crippen LogP contribution in [0.3, 0.4) is 0 Å². The molecule has 2 N–H and O–H groups in total. The van der Waals surface area contributed by atoms with Crippen molar-refractivity contribution in [2.24, 2.45) is 0 Å². The fourth-order valence-corrected chi connectivity index (χ4v) is 5.15. The SMILES string of the molecule is O=C(N[C@H]1CCC[C@@H](n2c(-c3ccccc3F)nc3cnc(-c4ncn[nH]4)cc32)C1)c1cc(C(F)F)ccn1. The standard InChI is InChI=1S/C27H23F3N8O/c28-19-7-2-1-6-18(19)26-36-22-13-32-20(25-33-14-34-37-25)12-23(22)38(26)17-5-3-4-16(11-17)35-27(39)21-10-15(24(29)30)8-9-31-21/h1-2,6-10,12-14,16-17,24H,3-5,11H2,(H,35,39)(H,33,34,37)/t16-,17+/m0/s1. The van der Waals surface area contributed by atoms with Gasteiger partial charge in [-0.3, -0.25) is 19.9 Å². The Bertz CT molecular complexity index is 1640. The predicted octanol–water partition coefficient (Wildman–Crippen LogP) is 5.27. The summed E-state index contributed by atoms with van der Waals surface area (Å²) in [6.45, 7) is 0. The Hall–Kier alpha value is -4.61. The van der Waals surface area contributed by atoms with Crippen LogP contribution in [0.2, 0.25) is 0 Å². The number of carbonyl (C=O) groups is 1. The molecule has 0 aliphatic heterocycles. The van der Waals surface area contributed by atoms with E-state index in [1.54, 1.807) is 24.4 Å². The normalized spacial score (nSPS) is 17.5. The molecule has 12 heteroatoms. The molecule has 0 saturated heterocycles.